The number of ketones is 1. The van der Waals surface area contributed by atoms with Crippen LogP contribution in [-0.2, 0) is 11.2 Å². The number of carbonyl (C=O) groups excluding carboxylic acids is 1. The van der Waals surface area contributed by atoms with Crippen LogP contribution in [0, 0.1) is 11.3 Å². The molecule has 0 spiro atoms. The molecule has 29 heavy (non-hydrogen) atoms. The first-order chi connectivity index (χ1) is 14.2. The summed E-state index contributed by atoms with van der Waals surface area (Å²) < 4.78 is 8.25. The van der Waals surface area contributed by atoms with Crippen LogP contribution in [0.4, 0.5) is 0 Å². The lowest BCUT2D eigenvalue weighted by Crippen LogP contribution is -2.15. The number of hydrogen-bond acceptors (Lipinski definition) is 4. The van der Waals surface area contributed by atoms with Gasteiger partial charge in [-0.3, -0.25) is 4.79 Å². The topological polar surface area (TPSA) is 67.9 Å². The highest BCUT2D eigenvalue weighted by molar-refractivity contribution is 5.96. The second-order valence-electron chi connectivity index (χ2n) is 7.76. The fourth-order valence-electron chi connectivity index (χ4n) is 4.37. The maximum absolute atomic E-state index is 11.8. The summed E-state index contributed by atoms with van der Waals surface area (Å²) in [6.45, 7) is 0. The highest BCUT2D eigenvalue weighted by Crippen LogP contribution is 2.35. The van der Waals surface area contributed by atoms with Crippen molar-refractivity contribution < 1.29 is 9.53 Å². The van der Waals surface area contributed by atoms with Gasteiger partial charge in [0, 0.05) is 29.6 Å². The third-order valence-electron chi connectivity index (χ3n) is 5.81. The van der Waals surface area contributed by atoms with Gasteiger partial charge in [-0.25, -0.2) is 4.68 Å². The highest BCUT2D eigenvalue weighted by atomic mass is 16.5. The zero-order chi connectivity index (χ0) is 19.8. The molecule has 0 amide bonds. The minimum atomic E-state index is -0.0178. The fraction of sp³-hybridized carbons (Fsp3) is 0.292. The number of rotatable bonds is 3. The van der Waals surface area contributed by atoms with E-state index in [1.807, 2.05) is 47.3 Å². The van der Waals surface area contributed by atoms with E-state index in [1.165, 1.54) is 11.1 Å². The maximum Gasteiger partial charge on any atom is 0.157 e. The number of nitriles is 1. The van der Waals surface area contributed by atoms with Crippen molar-refractivity contribution in [2.75, 3.05) is 0 Å². The molecule has 0 saturated heterocycles. The highest BCUT2D eigenvalue weighted by Gasteiger charge is 2.22. The minimum Gasteiger partial charge on any atom is -0.486 e. The predicted octanol–water partition coefficient (Wildman–Crippen LogP) is 4.96. The van der Waals surface area contributed by atoms with E-state index >= 15 is 0 Å². The molecule has 5 heteroatoms. The number of hydrogen-bond donors (Lipinski definition) is 0. The summed E-state index contributed by atoms with van der Waals surface area (Å²) in [4.78, 5) is 11.8. The first-order valence-corrected chi connectivity index (χ1v) is 10.1. The van der Waals surface area contributed by atoms with Crippen LogP contribution in [0.1, 0.15) is 54.9 Å². The fourth-order valence-corrected chi connectivity index (χ4v) is 4.37. The van der Waals surface area contributed by atoms with Crippen LogP contribution in [0.15, 0.2) is 48.7 Å². The second kappa shape index (κ2) is 7.21. The molecule has 144 valence electrons. The Balaban J connectivity index is 1.47. The van der Waals surface area contributed by atoms with Crippen molar-refractivity contribution in [3.63, 3.8) is 0 Å². The quantitative estimate of drug-likeness (QED) is 0.641. The molecule has 0 aliphatic heterocycles. The average Bonchev–Trinajstić information content (AvgIpc) is 3.17. The molecular formula is C24H21N3O2. The van der Waals surface area contributed by atoms with Crippen LogP contribution in [0.25, 0.3) is 16.6 Å². The molecule has 3 aromatic rings. The molecule has 2 aliphatic rings. The second-order valence-corrected chi connectivity index (χ2v) is 7.76. The van der Waals surface area contributed by atoms with Gasteiger partial charge in [-0.2, -0.15) is 10.4 Å². The van der Waals surface area contributed by atoms with Gasteiger partial charge in [-0.05, 0) is 67.5 Å². The maximum atomic E-state index is 11.8. The standard InChI is InChI=1S/C24H21N3O2/c25-14-16-7-10-22-17(11-16)3-1-6-24(22)29-21-9-8-18-15-26-27(23(18)13-21)19-4-2-5-20(28)12-19/h7-13,15,24H,1-6H2. The smallest absolute Gasteiger partial charge is 0.157 e. The molecular weight excluding hydrogens is 362 g/mol. The number of aryl methyl sites for hydroxylation is 1. The van der Waals surface area contributed by atoms with E-state index in [2.05, 4.69) is 11.2 Å². The number of nitrogens with zero attached hydrogens (tertiary/aromatic N) is 3. The van der Waals surface area contributed by atoms with Crippen LogP contribution in [-0.4, -0.2) is 15.6 Å². The van der Waals surface area contributed by atoms with E-state index in [-0.39, 0.29) is 11.9 Å². The molecule has 1 unspecified atom stereocenters. The monoisotopic (exact) mass is 383 g/mol. The Morgan fingerprint density at radius 3 is 2.90 bits per heavy atom. The molecule has 2 aliphatic carbocycles. The number of carbonyl (C=O) groups is 1. The molecule has 2 aromatic carbocycles. The van der Waals surface area contributed by atoms with Gasteiger partial charge >= 0.3 is 0 Å². The van der Waals surface area contributed by atoms with E-state index < -0.39 is 0 Å². The van der Waals surface area contributed by atoms with E-state index in [1.54, 1.807) is 6.08 Å². The number of benzene rings is 2. The van der Waals surface area contributed by atoms with Gasteiger partial charge in [-0.1, -0.05) is 6.07 Å². The van der Waals surface area contributed by atoms with Gasteiger partial charge in [0.2, 0.25) is 0 Å². The van der Waals surface area contributed by atoms with Gasteiger partial charge in [0.05, 0.1) is 23.3 Å². The van der Waals surface area contributed by atoms with Crippen molar-refractivity contribution in [1.82, 2.24) is 9.78 Å². The zero-order valence-electron chi connectivity index (χ0n) is 16.1. The lowest BCUT2D eigenvalue weighted by Gasteiger charge is -2.26. The Morgan fingerprint density at radius 2 is 2.03 bits per heavy atom. The summed E-state index contributed by atoms with van der Waals surface area (Å²) in [7, 11) is 0. The molecule has 1 heterocycles. The number of allylic oxidation sites excluding steroid dienone is 2. The molecule has 0 saturated carbocycles. The van der Waals surface area contributed by atoms with Crippen molar-refractivity contribution >= 4 is 22.4 Å². The predicted molar refractivity (Wildman–Crippen MR) is 110 cm³/mol. The first kappa shape index (κ1) is 17.7. The van der Waals surface area contributed by atoms with Gasteiger partial charge < -0.3 is 4.74 Å². The summed E-state index contributed by atoms with van der Waals surface area (Å²) in [5.41, 5.74) is 4.98. The Morgan fingerprint density at radius 1 is 1.10 bits per heavy atom. The molecule has 0 fully saturated rings. The number of fused-ring (bicyclic) bond motifs is 2. The lowest BCUT2D eigenvalue weighted by atomic mass is 9.88. The van der Waals surface area contributed by atoms with Crippen LogP contribution >= 0.6 is 0 Å². The zero-order valence-corrected chi connectivity index (χ0v) is 16.1. The van der Waals surface area contributed by atoms with Crippen molar-refractivity contribution in [2.24, 2.45) is 0 Å². The summed E-state index contributed by atoms with van der Waals surface area (Å²) in [5, 5.41) is 14.7. The number of aromatic nitrogens is 2. The molecule has 5 nitrogen and oxygen atoms in total. The summed E-state index contributed by atoms with van der Waals surface area (Å²) in [5.74, 6) is 0.960. The van der Waals surface area contributed by atoms with Crippen LogP contribution in [0.5, 0.6) is 5.75 Å². The van der Waals surface area contributed by atoms with E-state index in [0.717, 1.165) is 54.5 Å². The normalized spacial score (nSPS) is 18.8. The third kappa shape index (κ3) is 3.31. The largest absolute Gasteiger partial charge is 0.486 e. The number of ether oxygens (including phenoxy) is 1. The summed E-state index contributed by atoms with van der Waals surface area (Å²) in [6.07, 6.45) is 8.85. The van der Waals surface area contributed by atoms with Crippen LogP contribution < -0.4 is 4.74 Å². The Hall–Kier alpha value is -3.39. The van der Waals surface area contributed by atoms with E-state index in [9.17, 15) is 4.79 Å². The third-order valence-corrected chi connectivity index (χ3v) is 5.81. The van der Waals surface area contributed by atoms with Crippen molar-refractivity contribution in [3.05, 3.63) is 65.4 Å². The Kier molecular flexibility index (Phi) is 4.40. The molecule has 1 atom stereocenters. The van der Waals surface area contributed by atoms with Gasteiger partial charge in [0.25, 0.3) is 0 Å². The molecule has 0 radical (unpaired) electrons. The van der Waals surface area contributed by atoms with Crippen LogP contribution in [0.2, 0.25) is 0 Å². The minimum absolute atomic E-state index is 0.0178. The SMILES string of the molecule is N#Cc1ccc2c(c1)CCCC2Oc1ccc2cnn(C3=CC(=O)CCC3)c2c1. The average molecular weight is 383 g/mol. The summed E-state index contributed by atoms with van der Waals surface area (Å²) in [6, 6.07) is 14.1. The van der Waals surface area contributed by atoms with Crippen molar-refractivity contribution in [1.29, 1.82) is 5.26 Å². The van der Waals surface area contributed by atoms with Gasteiger partial charge in [0.15, 0.2) is 5.78 Å². The first-order valence-electron chi connectivity index (χ1n) is 10.1. The Labute approximate surface area is 169 Å². The van der Waals surface area contributed by atoms with Crippen molar-refractivity contribution in [2.45, 2.75) is 44.6 Å². The summed E-state index contributed by atoms with van der Waals surface area (Å²) >= 11 is 0. The molecule has 5 rings (SSSR count). The van der Waals surface area contributed by atoms with Gasteiger partial charge in [0.1, 0.15) is 11.9 Å². The molecule has 0 N–H and O–H groups in total. The molecule has 0 bridgehead atoms. The van der Waals surface area contributed by atoms with Crippen LogP contribution in [0.3, 0.4) is 0 Å². The Bertz CT molecular complexity index is 1180. The van der Waals surface area contributed by atoms with E-state index in [0.29, 0.717) is 12.0 Å². The van der Waals surface area contributed by atoms with Crippen molar-refractivity contribution in [3.8, 4) is 11.8 Å². The van der Waals surface area contributed by atoms with E-state index in [4.69, 9.17) is 10.00 Å². The van der Waals surface area contributed by atoms with Gasteiger partial charge in [-0.15, -0.1) is 0 Å². The lowest BCUT2D eigenvalue weighted by molar-refractivity contribution is -0.114. The molecule has 1 aromatic heterocycles.